The van der Waals surface area contributed by atoms with Gasteiger partial charge in [-0.15, -0.1) is 0 Å². The number of nitrogens with zero attached hydrogens (tertiary/aromatic N) is 1. The Bertz CT molecular complexity index is 1030. The maximum Gasteiger partial charge on any atom is 0.241 e. The van der Waals surface area contributed by atoms with Crippen molar-refractivity contribution in [2.75, 3.05) is 38.4 Å². The second-order valence-corrected chi connectivity index (χ2v) is 8.89. The normalized spacial score (nSPS) is 11.0. The Morgan fingerprint density at radius 3 is 2.27 bits per heavy atom. The molecule has 2 rings (SSSR count). The molecule has 0 heterocycles. The van der Waals surface area contributed by atoms with Gasteiger partial charge in [0.2, 0.25) is 21.7 Å². The van der Waals surface area contributed by atoms with E-state index in [0.717, 1.165) is 10.6 Å². The number of rotatable bonds is 9. The van der Waals surface area contributed by atoms with Crippen LogP contribution in [0, 0.1) is 0 Å². The highest BCUT2D eigenvalue weighted by Crippen LogP contribution is 2.39. The van der Waals surface area contributed by atoms with Gasteiger partial charge in [-0.25, -0.2) is 8.42 Å². The van der Waals surface area contributed by atoms with Crippen LogP contribution in [0.5, 0.6) is 17.2 Å². The second-order valence-electron chi connectivity index (χ2n) is 6.14. The Hall–Kier alpha value is -2.36. The Morgan fingerprint density at radius 2 is 1.70 bits per heavy atom. The molecule has 2 aromatic carbocycles. The Labute approximate surface area is 185 Å². The number of hydrogen-bond acceptors (Lipinski definition) is 6. The van der Waals surface area contributed by atoms with Gasteiger partial charge in [0, 0.05) is 17.1 Å². The number of nitrogens with one attached hydrogen (secondary N) is 1. The minimum atomic E-state index is -3.80. The number of carbonyl (C=O) groups excluding carboxylic acids is 1. The number of hydrogen-bond donors (Lipinski definition) is 1. The predicted octanol–water partition coefficient (Wildman–Crippen LogP) is 3.10. The van der Waals surface area contributed by atoms with E-state index < -0.39 is 22.5 Å². The molecule has 0 aliphatic rings. The molecule has 0 atom stereocenters. The minimum Gasteiger partial charge on any atom is -0.493 e. The van der Waals surface area contributed by atoms with E-state index in [0.29, 0.717) is 27.8 Å². The van der Waals surface area contributed by atoms with E-state index >= 15 is 0 Å². The van der Waals surface area contributed by atoms with E-state index in [4.69, 9.17) is 37.4 Å². The number of amides is 1. The van der Waals surface area contributed by atoms with Crippen LogP contribution in [0.25, 0.3) is 0 Å². The summed E-state index contributed by atoms with van der Waals surface area (Å²) >= 11 is 12.1. The van der Waals surface area contributed by atoms with E-state index in [1.807, 2.05) is 0 Å². The van der Waals surface area contributed by atoms with Crippen LogP contribution in [0.3, 0.4) is 0 Å². The maximum atomic E-state index is 12.5. The third-order valence-corrected chi connectivity index (χ3v) is 5.81. The van der Waals surface area contributed by atoms with Crippen molar-refractivity contribution in [1.82, 2.24) is 5.32 Å². The monoisotopic (exact) mass is 476 g/mol. The van der Waals surface area contributed by atoms with Gasteiger partial charge in [0.1, 0.15) is 6.54 Å². The molecule has 0 spiro atoms. The molecule has 0 bridgehead atoms. The molecular weight excluding hydrogens is 455 g/mol. The molecule has 0 saturated heterocycles. The first-order valence-electron chi connectivity index (χ1n) is 8.59. The molecule has 2 aromatic rings. The second kappa shape index (κ2) is 10.1. The van der Waals surface area contributed by atoms with Crippen molar-refractivity contribution in [1.29, 1.82) is 0 Å². The summed E-state index contributed by atoms with van der Waals surface area (Å²) in [7, 11) is 0.641. The minimum absolute atomic E-state index is 0.0727. The molecule has 0 aliphatic heterocycles. The number of anilines is 1. The number of methoxy groups -OCH3 is 3. The quantitative estimate of drug-likeness (QED) is 0.597. The standard InChI is InChI=1S/C19H22Cl2N2O6S/c1-27-16-8-5-12(18(28-2)19(16)29-3)10-22-17(24)11-23(30(4,25)26)15-9-13(20)6-7-14(15)21/h5-9H,10-11H2,1-4H3,(H,22,24). The zero-order valence-electron chi connectivity index (χ0n) is 16.9. The van der Waals surface area contributed by atoms with E-state index in [2.05, 4.69) is 5.32 Å². The van der Waals surface area contributed by atoms with Crippen LogP contribution in [0.2, 0.25) is 10.0 Å². The van der Waals surface area contributed by atoms with Gasteiger partial charge in [0.25, 0.3) is 0 Å². The number of halogens is 2. The summed E-state index contributed by atoms with van der Waals surface area (Å²) in [4.78, 5) is 12.5. The number of carbonyl (C=O) groups is 1. The van der Waals surface area contributed by atoms with Crippen LogP contribution in [-0.2, 0) is 21.4 Å². The van der Waals surface area contributed by atoms with Gasteiger partial charge in [0.05, 0.1) is 38.3 Å². The molecule has 0 aliphatic carbocycles. The third kappa shape index (κ3) is 5.62. The molecule has 11 heteroatoms. The summed E-state index contributed by atoms with van der Waals surface area (Å²) in [5.41, 5.74) is 0.737. The van der Waals surface area contributed by atoms with E-state index in [1.165, 1.54) is 39.5 Å². The zero-order valence-corrected chi connectivity index (χ0v) is 19.2. The zero-order chi connectivity index (χ0) is 22.5. The summed E-state index contributed by atoms with van der Waals surface area (Å²) in [6, 6.07) is 7.76. The lowest BCUT2D eigenvalue weighted by Crippen LogP contribution is -2.40. The molecule has 0 aromatic heterocycles. The van der Waals surface area contributed by atoms with Crippen molar-refractivity contribution >= 4 is 44.8 Å². The molecule has 0 unspecified atom stereocenters. The topological polar surface area (TPSA) is 94.2 Å². The number of benzene rings is 2. The molecule has 0 fully saturated rings. The molecule has 1 amide bonds. The number of sulfonamides is 1. The average Bonchev–Trinajstić information content (AvgIpc) is 2.70. The van der Waals surface area contributed by atoms with E-state index in [9.17, 15) is 13.2 Å². The van der Waals surface area contributed by atoms with Crippen LogP contribution < -0.4 is 23.8 Å². The van der Waals surface area contributed by atoms with Crippen LogP contribution >= 0.6 is 23.2 Å². The lowest BCUT2D eigenvalue weighted by atomic mass is 10.1. The predicted molar refractivity (Wildman–Crippen MR) is 117 cm³/mol. The fraction of sp³-hybridized carbons (Fsp3) is 0.316. The van der Waals surface area contributed by atoms with Gasteiger partial charge >= 0.3 is 0 Å². The lowest BCUT2D eigenvalue weighted by Gasteiger charge is -2.23. The lowest BCUT2D eigenvalue weighted by molar-refractivity contribution is -0.119. The van der Waals surface area contributed by atoms with Crippen molar-refractivity contribution in [3.05, 3.63) is 45.9 Å². The fourth-order valence-corrected chi connectivity index (χ4v) is 4.04. The summed E-state index contributed by atoms with van der Waals surface area (Å²) in [6.45, 7) is -0.405. The van der Waals surface area contributed by atoms with Gasteiger partial charge in [-0.3, -0.25) is 9.10 Å². The van der Waals surface area contributed by atoms with Crippen LogP contribution in [0.15, 0.2) is 30.3 Å². The first kappa shape index (κ1) is 23.9. The summed E-state index contributed by atoms with van der Waals surface area (Å²) < 4.78 is 41.3. The van der Waals surface area contributed by atoms with E-state index in [-0.39, 0.29) is 17.3 Å². The Kier molecular flexibility index (Phi) is 8.05. The van der Waals surface area contributed by atoms with Crippen molar-refractivity contribution in [3.63, 3.8) is 0 Å². The third-order valence-electron chi connectivity index (χ3n) is 4.13. The Balaban J connectivity index is 2.22. The average molecular weight is 477 g/mol. The summed E-state index contributed by atoms with van der Waals surface area (Å²) in [6.07, 6.45) is 0.981. The highest BCUT2D eigenvalue weighted by Gasteiger charge is 2.24. The van der Waals surface area contributed by atoms with Crippen molar-refractivity contribution in [2.45, 2.75) is 6.54 Å². The van der Waals surface area contributed by atoms with Crippen LogP contribution in [0.1, 0.15) is 5.56 Å². The molecule has 164 valence electrons. The van der Waals surface area contributed by atoms with Crippen molar-refractivity contribution < 1.29 is 27.4 Å². The summed E-state index contributed by atoms with van der Waals surface area (Å²) in [5, 5.41) is 3.11. The molecule has 0 radical (unpaired) electrons. The Morgan fingerprint density at radius 1 is 1.03 bits per heavy atom. The summed E-state index contributed by atoms with van der Waals surface area (Å²) in [5.74, 6) is 0.710. The maximum absolute atomic E-state index is 12.5. The first-order chi connectivity index (χ1) is 14.1. The molecule has 0 saturated carbocycles. The van der Waals surface area contributed by atoms with E-state index in [1.54, 1.807) is 12.1 Å². The van der Waals surface area contributed by atoms with Gasteiger partial charge < -0.3 is 19.5 Å². The van der Waals surface area contributed by atoms with Crippen LogP contribution in [0.4, 0.5) is 5.69 Å². The first-order valence-corrected chi connectivity index (χ1v) is 11.2. The van der Waals surface area contributed by atoms with Gasteiger partial charge in [0.15, 0.2) is 11.5 Å². The van der Waals surface area contributed by atoms with Gasteiger partial charge in [-0.1, -0.05) is 23.2 Å². The van der Waals surface area contributed by atoms with Crippen molar-refractivity contribution in [2.24, 2.45) is 0 Å². The number of ether oxygens (including phenoxy) is 3. The van der Waals surface area contributed by atoms with Crippen LogP contribution in [-0.4, -0.2) is 48.5 Å². The van der Waals surface area contributed by atoms with Crippen molar-refractivity contribution in [3.8, 4) is 17.2 Å². The molecular formula is C19H22Cl2N2O6S. The SMILES string of the molecule is COc1ccc(CNC(=O)CN(c2cc(Cl)ccc2Cl)S(C)(=O)=O)c(OC)c1OC. The van der Waals surface area contributed by atoms with Gasteiger partial charge in [-0.05, 0) is 30.3 Å². The molecule has 8 nitrogen and oxygen atoms in total. The van der Waals surface area contributed by atoms with Gasteiger partial charge in [-0.2, -0.15) is 0 Å². The highest BCUT2D eigenvalue weighted by atomic mass is 35.5. The smallest absolute Gasteiger partial charge is 0.241 e. The molecule has 1 N–H and O–H groups in total. The fourth-order valence-electron chi connectivity index (χ4n) is 2.74. The highest BCUT2D eigenvalue weighted by molar-refractivity contribution is 7.92. The largest absolute Gasteiger partial charge is 0.493 e. The molecule has 30 heavy (non-hydrogen) atoms.